The first-order chi connectivity index (χ1) is 13.1. The smallest absolute Gasteiger partial charge is 0.166 e. The number of ether oxygens (including phenoxy) is 1. The van der Waals surface area contributed by atoms with E-state index in [1.165, 1.54) is 12.1 Å². The van der Waals surface area contributed by atoms with Gasteiger partial charge in [-0.3, -0.25) is 9.69 Å². The highest BCUT2D eigenvalue weighted by atomic mass is 19.1. The summed E-state index contributed by atoms with van der Waals surface area (Å²) in [5.74, 6) is 1.53. The Kier molecular flexibility index (Phi) is 4.90. The van der Waals surface area contributed by atoms with Gasteiger partial charge in [0.2, 0.25) is 0 Å². The summed E-state index contributed by atoms with van der Waals surface area (Å²) in [5, 5.41) is 0. The summed E-state index contributed by atoms with van der Waals surface area (Å²) in [7, 11) is 1.65. The van der Waals surface area contributed by atoms with Crippen LogP contribution in [0, 0.1) is 11.7 Å². The molecule has 6 heteroatoms. The number of halogens is 1. The Morgan fingerprint density at radius 2 is 1.96 bits per heavy atom. The van der Waals surface area contributed by atoms with Crippen LogP contribution >= 0.6 is 0 Å². The molecule has 4 rings (SSSR count). The Morgan fingerprint density at radius 3 is 2.67 bits per heavy atom. The lowest BCUT2D eigenvalue weighted by molar-refractivity contribution is 0.0833. The Bertz CT molecular complexity index is 944. The molecule has 1 aromatic heterocycles. The normalized spacial score (nSPS) is 15.9. The molecule has 0 bridgehead atoms. The molecule has 1 aliphatic rings. The van der Waals surface area contributed by atoms with E-state index < -0.39 is 0 Å². The molecule has 0 radical (unpaired) electrons. The van der Waals surface area contributed by atoms with E-state index in [1.807, 2.05) is 18.2 Å². The van der Waals surface area contributed by atoms with Gasteiger partial charge in [0.05, 0.1) is 24.7 Å². The molecule has 0 saturated carbocycles. The molecule has 3 aromatic rings. The van der Waals surface area contributed by atoms with E-state index in [1.54, 1.807) is 19.2 Å². The maximum atomic E-state index is 13.0. The highest BCUT2D eigenvalue weighted by Crippen LogP contribution is 2.24. The lowest BCUT2D eigenvalue weighted by Gasteiger charge is -2.30. The first-order valence-corrected chi connectivity index (χ1v) is 9.17. The standard InChI is InChI=1S/C21H22FN3O2/c1-27-17-6-7-18-19(12-17)24-20(23-18)13-25-10-8-15(9-11-25)21(26)14-2-4-16(22)5-3-14/h2-7,12,15H,8-11,13H2,1H3,(H,23,24). The number of carbonyl (C=O) groups is 1. The first kappa shape index (κ1) is 17.7. The molecule has 1 N–H and O–H groups in total. The number of hydrogen-bond donors (Lipinski definition) is 1. The van der Waals surface area contributed by atoms with Crippen molar-refractivity contribution < 1.29 is 13.9 Å². The number of imidazole rings is 1. The molecule has 140 valence electrons. The van der Waals surface area contributed by atoms with E-state index in [9.17, 15) is 9.18 Å². The summed E-state index contributed by atoms with van der Waals surface area (Å²) >= 11 is 0. The summed E-state index contributed by atoms with van der Waals surface area (Å²) in [6, 6.07) is 11.6. The van der Waals surface area contributed by atoms with Gasteiger partial charge in [-0.25, -0.2) is 9.37 Å². The van der Waals surface area contributed by atoms with Crippen LogP contribution in [0.1, 0.15) is 29.0 Å². The Morgan fingerprint density at radius 1 is 1.22 bits per heavy atom. The van der Waals surface area contributed by atoms with Gasteiger partial charge in [-0.2, -0.15) is 0 Å². The van der Waals surface area contributed by atoms with Crippen molar-refractivity contribution in [1.29, 1.82) is 0 Å². The third kappa shape index (κ3) is 3.85. The molecule has 0 atom stereocenters. The van der Waals surface area contributed by atoms with Crippen LogP contribution in [0.25, 0.3) is 11.0 Å². The average Bonchev–Trinajstić information content (AvgIpc) is 3.10. The van der Waals surface area contributed by atoms with Gasteiger partial charge < -0.3 is 9.72 Å². The minimum Gasteiger partial charge on any atom is -0.497 e. The molecule has 2 heterocycles. The van der Waals surface area contributed by atoms with Crippen LogP contribution in [0.15, 0.2) is 42.5 Å². The zero-order chi connectivity index (χ0) is 18.8. The van der Waals surface area contributed by atoms with Crippen molar-refractivity contribution in [2.24, 2.45) is 5.92 Å². The van der Waals surface area contributed by atoms with Gasteiger partial charge in [-0.15, -0.1) is 0 Å². The van der Waals surface area contributed by atoms with Gasteiger partial charge in [-0.05, 0) is 62.3 Å². The highest BCUT2D eigenvalue weighted by molar-refractivity contribution is 5.97. The second-order valence-electron chi connectivity index (χ2n) is 6.99. The van der Waals surface area contributed by atoms with E-state index in [-0.39, 0.29) is 17.5 Å². The third-order valence-electron chi connectivity index (χ3n) is 5.20. The molecular weight excluding hydrogens is 345 g/mol. The van der Waals surface area contributed by atoms with Gasteiger partial charge in [0.15, 0.2) is 5.78 Å². The number of nitrogens with zero attached hydrogens (tertiary/aromatic N) is 2. The second kappa shape index (κ2) is 7.48. The number of Topliss-reactive ketones (excluding diaryl/α,β-unsaturated/α-hetero) is 1. The van der Waals surface area contributed by atoms with Crippen molar-refractivity contribution in [2.75, 3.05) is 20.2 Å². The second-order valence-corrected chi connectivity index (χ2v) is 6.99. The van der Waals surface area contributed by atoms with Crippen LogP contribution in [0.5, 0.6) is 5.75 Å². The third-order valence-corrected chi connectivity index (χ3v) is 5.20. The molecule has 0 spiro atoms. The lowest BCUT2D eigenvalue weighted by Crippen LogP contribution is -2.36. The largest absolute Gasteiger partial charge is 0.497 e. The van der Waals surface area contributed by atoms with Crippen molar-refractivity contribution in [1.82, 2.24) is 14.9 Å². The molecule has 1 saturated heterocycles. The lowest BCUT2D eigenvalue weighted by atomic mass is 9.89. The number of nitrogens with one attached hydrogen (secondary N) is 1. The van der Waals surface area contributed by atoms with Crippen molar-refractivity contribution in [2.45, 2.75) is 19.4 Å². The molecule has 1 aliphatic heterocycles. The number of H-pyrrole nitrogens is 1. The number of fused-ring (bicyclic) bond motifs is 1. The Balaban J connectivity index is 1.36. The number of likely N-dealkylation sites (tertiary alicyclic amines) is 1. The van der Waals surface area contributed by atoms with Crippen LogP contribution in [-0.4, -0.2) is 40.9 Å². The fourth-order valence-corrected chi connectivity index (χ4v) is 3.66. The van der Waals surface area contributed by atoms with Crippen LogP contribution in [0.3, 0.4) is 0 Å². The van der Waals surface area contributed by atoms with Crippen molar-refractivity contribution in [3.8, 4) is 5.75 Å². The summed E-state index contributed by atoms with van der Waals surface area (Å²) in [4.78, 5) is 22.9. The fourth-order valence-electron chi connectivity index (χ4n) is 3.66. The molecule has 1 fully saturated rings. The molecule has 0 aliphatic carbocycles. The molecule has 27 heavy (non-hydrogen) atoms. The average molecular weight is 367 g/mol. The number of methoxy groups -OCH3 is 1. The zero-order valence-corrected chi connectivity index (χ0v) is 15.2. The quantitative estimate of drug-likeness (QED) is 0.697. The monoisotopic (exact) mass is 367 g/mol. The van der Waals surface area contributed by atoms with E-state index >= 15 is 0 Å². The first-order valence-electron chi connectivity index (χ1n) is 9.17. The molecule has 0 unspecified atom stereocenters. The fraction of sp³-hybridized carbons (Fsp3) is 0.333. The van der Waals surface area contributed by atoms with Crippen LogP contribution in [-0.2, 0) is 6.54 Å². The minimum absolute atomic E-state index is 0.00615. The van der Waals surface area contributed by atoms with E-state index in [2.05, 4.69) is 14.9 Å². The topological polar surface area (TPSA) is 58.2 Å². The van der Waals surface area contributed by atoms with Gasteiger partial charge in [0, 0.05) is 17.5 Å². The van der Waals surface area contributed by atoms with Gasteiger partial charge in [0.25, 0.3) is 0 Å². The van der Waals surface area contributed by atoms with Gasteiger partial charge in [-0.1, -0.05) is 0 Å². The Hall–Kier alpha value is -2.73. The zero-order valence-electron chi connectivity index (χ0n) is 15.2. The highest BCUT2D eigenvalue weighted by Gasteiger charge is 2.26. The Labute approximate surface area is 157 Å². The predicted molar refractivity (Wildman–Crippen MR) is 101 cm³/mol. The minimum atomic E-state index is -0.315. The van der Waals surface area contributed by atoms with E-state index in [4.69, 9.17) is 4.74 Å². The number of ketones is 1. The number of aromatic amines is 1. The van der Waals surface area contributed by atoms with Crippen molar-refractivity contribution in [3.63, 3.8) is 0 Å². The maximum absolute atomic E-state index is 13.0. The summed E-state index contributed by atoms with van der Waals surface area (Å²) in [5.41, 5.74) is 2.49. The van der Waals surface area contributed by atoms with Gasteiger partial charge >= 0.3 is 0 Å². The van der Waals surface area contributed by atoms with E-state index in [0.717, 1.165) is 55.1 Å². The predicted octanol–water partition coefficient (Wildman–Crippen LogP) is 3.81. The molecule has 0 amide bonds. The molecule has 2 aromatic carbocycles. The number of rotatable bonds is 5. The van der Waals surface area contributed by atoms with Crippen LogP contribution < -0.4 is 4.74 Å². The molecular formula is C21H22FN3O2. The van der Waals surface area contributed by atoms with E-state index in [0.29, 0.717) is 5.56 Å². The van der Waals surface area contributed by atoms with Crippen molar-refractivity contribution in [3.05, 3.63) is 59.7 Å². The SMILES string of the molecule is COc1ccc2nc(CN3CCC(C(=O)c4ccc(F)cc4)CC3)[nH]c2c1. The number of aromatic nitrogens is 2. The number of benzene rings is 2. The van der Waals surface area contributed by atoms with Gasteiger partial charge in [0.1, 0.15) is 17.4 Å². The maximum Gasteiger partial charge on any atom is 0.166 e. The number of hydrogen-bond acceptors (Lipinski definition) is 4. The molecule has 5 nitrogen and oxygen atoms in total. The van der Waals surface area contributed by atoms with Crippen LogP contribution in [0.2, 0.25) is 0 Å². The van der Waals surface area contributed by atoms with Crippen molar-refractivity contribution >= 4 is 16.8 Å². The number of carbonyl (C=O) groups excluding carboxylic acids is 1. The summed E-state index contributed by atoms with van der Waals surface area (Å²) in [6.45, 7) is 2.42. The summed E-state index contributed by atoms with van der Waals surface area (Å²) < 4.78 is 18.3. The number of piperidine rings is 1. The summed E-state index contributed by atoms with van der Waals surface area (Å²) in [6.07, 6.45) is 1.62. The van der Waals surface area contributed by atoms with Crippen LogP contribution in [0.4, 0.5) is 4.39 Å².